The van der Waals surface area contributed by atoms with Crippen molar-refractivity contribution in [2.45, 2.75) is 25.9 Å². The van der Waals surface area contributed by atoms with Crippen molar-refractivity contribution in [3.8, 4) is 0 Å². The molecule has 0 radical (unpaired) electrons. The fourth-order valence-corrected chi connectivity index (χ4v) is 0.849. The number of nitrogens with zero attached hydrogens (tertiary/aromatic N) is 1. The lowest BCUT2D eigenvalue weighted by atomic mass is 10.3. The van der Waals surface area contributed by atoms with Crippen molar-refractivity contribution in [1.29, 1.82) is 0 Å². The molecule has 1 N–H and O–H groups in total. The summed E-state index contributed by atoms with van der Waals surface area (Å²) in [6.07, 6.45) is 5.81. The summed E-state index contributed by atoms with van der Waals surface area (Å²) < 4.78 is 10.2. The van der Waals surface area contributed by atoms with E-state index in [1.165, 1.54) is 12.6 Å². The van der Waals surface area contributed by atoms with Gasteiger partial charge in [0, 0.05) is 39.8 Å². The molecule has 5 heteroatoms. The van der Waals surface area contributed by atoms with Gasteiger partial charge >= 0.3 is 0 Å². The Kier molecular flexibility index (Phi) is 9.30. The van der Waals surface area contributed by atoms with Crippen molar-refractivity contribution < 1.29 is 14.3 Å². The third kappa shape index (κ3) is 9.21. The van der Waals surface area contributed by atoms with Gasteiger partial charge in [0.25, 0.3) is 0 Å². The van der Waals surface area contributed by atoms with Crippen LogP contribution in [0.4, 0.5) is 0 Å². The van der Waals surface area contributed by atoms with E-state index in [1.807, 2.05) is 6.92 Å². The van der Waals surface area contributed by atoms with E-state index in [0.717, 1.165) is 6.42 Å². The van der Waals surface area contributed by atoms with Crippen LogP contribution in [-0.2, 0) is 14.3 Å². The number of nitrogens with one attached hydrogen (secondary N) is 1. The van der Waals surface area contributed by atoms with Crippen LogP contribution < -0.4 is 5.32 Å². The Morgan fingerprint density at radius 2 is 2.31 bits per heavy atom. The van der Waals surface area contributed by atoms with Crippen LogP contribution in [0.15, 0.2) is 17.3 Å². The molecule has 0 rings (SSSR count). The van der Waals surface area contributed by atoms with E-state index in [9.17, 15) is 4.79 Å². The normalized spacial score (nSPS) is 13.2. The first-order valence-corrected chi connectivity index (χ1v) is 5.22. The molecule has 16 heavy (non-hydrogen) atoms. The van der Waals surface area contributed by atoms with Gasteiger partial charge in [-0.25, -0.2) is 4.99 Å². The number of rotatable bonds is 8. The molecule has 0 spiro atoms. The Bertz CT molecular complexity index is 239. The summed E-state index contributed by atoms with van der Waals surface area (Å²) in [5.74, 6) is -0.0409. The first-order chi connectivity index (χ1) is 7.70. The van der Waals surface area contributed by atoms with Crippen LogP contribution in [0.1, 0.15) is 19.8 Å². The molecule has 92 valence electrons. The Labute approximate surface area is 96.5 Å². The van der Waals surface area contributed by atoms with Gasteiger partial charge in [0.05, 0.1) is 6.10 Å². The summed E-state index contributed by atoms with van der Waals surface area (Å²) in [5, 5.41) is 2.51. The molecule has 0 aliphatic heterocycles. The topological polar surface area (TPSA) is 59.9 Å². The maximum atomic E-state index is 10.8. The summed E-state index contributed by atoms with van der Waals surface area (Å²) in [4.78, 5) is 14.7. The highest BCUT2D eigenvalue weighted by atomic mass is 16.5. The molecule has 1 unspecified atom stereocenters. The predicted molar refractivity (Wildman–Crippen MR) is 63.4 cm³/mol. The standard InChI is InChI=1S/C11H20N2O3/c1-10(6-8-15-3)16-9-13-7-4-5-11(14)12-2/h4,7,9-10H,5-6,8H2,1-3H3,(H,12,14)/b7-4-,13-9+. The number of carbonyl (C=O) groups is 1. The molecule has 0 saturated carbocycles. The van der Waals surface area contributed by atoms with E-state index >= 15 is 0 Å². The highest BCUT2D eigenvalue weighted by Crippen LogP contribution is 1.95. The lowest BCUT2D eigenvalue weighted by molar-refractivity contribution is -0.119. The summed E-state index contributed by atoms with van der Waals surface area (Å²) in [6, 6.07) is 0. The van der Waals surface area contributed by atoms with Crippen molar-refractivity contribution >= 4 is 12.3 Å². The Morgan fingerprint density at radius 1 is 1.56 bits per heavy atom. The van der Waals surface area contributed by atoms with Crippen LogP contribution in [0.25, 0.3) is 0 Å². The summed E-state index contributed by atoms with van der Waals surface area (Å²) >= 11 is 0. The van der Waals surface area contributed by atoms with Crippen LogP contribution in [-0.4, -0.2) is 39.2 Å². The van der Waals surface area contributed by atoms with E-state index in [2.05, 4.69) is 10.3 Å². The Morgan fingerprint density at radius 3 is 2.94 bits per heavy atom. The molecule has 0 bridgehead atoms. The Hall–Kier alpha value is -1.36. The number of ether oxygens (including phenoxy) is 2. The first-order valence-electron chi connectivity index (χ1n) is 5.22. The van der Waals surface area contributed by atoms with Crippen molar-refractivity contribution in [3.63, 3.8) is 0 Å². The number of hydrogen-bond donors (Lipinski definition) is 1. The summed E-state index contributed by atoms with van der Waals surface area (Å²) in [5.41, 5.74) is 0. The zero-order valence-electron chi connectivity index (χ0n) is 10.1. The molecule has 0 fully saturated rings. The number of carbonyl (C=O) groups excluding carboxylic acids is 1. The molecular weight excluding hydrogens is 208 g/mol. The minimum atomic E-state index is -0.0409. The van der Waals surface area contributed by atoms with Crippen LogP contribution in [0.3, 0.4) is 0 Å². The van der Waals surface area contributed by atoms with Gasteiger partial charge in [-0.3, -0.25) is 4.79 Å². The van der Waals surface area contributed by atoms with Crippen LogP contribution in [0.5, 0.6) is 0 Å². The van der Waals surface area contributed by atoms with Gasteiger partial charge in [0.1, 0.15) is 0 Å². The van der Waals surface area contributed by atoms with Crippen LogP contribution >= 0.6 is 0 Å². The zero-order valence-corrected chi connectivity index (χ0v) is 10.1. The second-order valence-electron chi connectivity index (χ2n) is 3.24. The maximum Gasteiger partial charge on any atom is 0.223 e. The second kappa shape index (κ2) is 10.2. The number of amides is 1. The average molecular weight is 228 g/mol. The van der Waals surface area contributed by atoms with Crippen LogP contribution in [0.2, 0.25) is 0 Å². The van der Waals surface area contributed by atoms with Gasteiger partial charge in [-0.2, -0.15) is 0 Å². The highest BCUT2D eigenvalue weighted by molar-refractivity contribution is 5.77. The Balaban J connectivity index is 3.56. The molecule has 0 aromatic heterocycles. The molecule has 1 amide bonds. The zero-order chi connectivity index (χ0) is 12.2. The highest BCUT2D eigenvalue weighted by Gasteiger charge is 1.98. The molecule has 0 heterocycles. The SMILES string of the molecule is CNC(=O)C/C=C\N=C\OC(C)CCOC. The summed E-state index contributed by atoms with van der Waals surface area (Å²) in [6.45, 7) is 2.61. The van der Waals surface area contributed by atoms with Gasteiger partial charge in [-0.1, -0.05) is 6.08 Å². The number of methoxy groups -OCH3 is 1. The first kappa shape index (κ1) is 14.6. The van der Waals surface area contributed by atoms with Crippen LogP contribution in [0, 0.1) is 0 Å². The molecule has 0 saturated heterocycles. The molecular formula is C11H20N2O3. The predicted octanol–water partition coefficient (Wildman–Crippen LogP) is 1.11. The van der Waals surface area contributed by atoms with Gasteiger partial charge in [0.15, 0.2) is 6.40 Å². The molecule has 0 aromatic rings. The minimum Gasteiger partial charge on any atom is -0.480 e. The lowest BCUT2D eigenvalue weighted by Gasteiger charge is -2.08. The van der Waals surface area contributed by atoms with E-state index in [0.29, 0.717) is 13.0 Å². The fourth-order valence-electron chi connectivity index (χ4n) is 0.849. The average Bonchev–Trinajstić information content (AvgIpc) is 2.30. The van der Waals surface area contributed by atoms with E-state index in [-0.39, 0.29) is 12.0 Å². The van der Waals surface area contributed by atoms with Gasteiger partial charge in [-0.15, -0.1) is 0 Å². The fraction of sp³-hybridized carbons (Fsp3) is 0.636. The molecule has 0 aromatic carbocycles. The molecule has 0 aliphatic rings. The molecule has 5 nitrogen and oxygen atoms in total. The molecule has 0 aliphatic carbocycles. The van der Waals surface area contributed by atoms with Gasteiger partial charge < -0.3 is 14.8 Å². The van der Waals surface area contributed by atoms with E-state index in [4.69, 9.17) is 9.47 Å². The van der Waals surface area contributed by atoms with Gasteiger partial charge in [0.2, 0.25) is 5.91 Å². The van der Waals surface area contributed by atoms with E-state index in [1.54, 1.807) is 20.2 Å². The quantitative estimate of drug-likeness (QED) is 0.500. The minimum absolute atomic E-state index is 0.0409. The van der Waals surface area contributed by atoms with Crippen molar-refractivity contribution in [3.05, 3.63) is 12.3 Å². The molecule has 1 atom stereocenters. The monoisotopic (exact) mass is 228 g/mol. The smallest absolute Gasteiger partial charge is 0.223 e. The van der Waals surface area contributed by atoms with Crippen molar-refractivity contribution in [2.75, 3.05) is 20.8 Å². The summed E-state index contributed by atoms with van der Waals surface area (Å²) in [7, 11) is 3.25. The second-order valence-corrected chi connectivity index (χ2v) is 3.24. The number of aliphatic imine (C=N–C) groups is 1. The van der Waals surface area contributed by atoms with Crippen molar-refractivity contribution in [2.24, 2.45) is 4.99 Å². The number of hydrogen-bond acceptors (Lipinski definition) is 4. The van der Waals surface area contributed by atoms with Crippen molar-refractivity contribution in [1.82, 2.24) is 5.32 Å². The van der Waals surface area contributed by atoms with Gasteiger partial charge in [-0.05, 0) is 6.92 Å². The third-order valence-electron chi connectivity index (χ3n) is 1.86. The largest absolute Gasteiger partial charge is 0.480 e. The van der Waals surface area contributed by atoms with E-state index < -0.39 is 0 Å². The lowest BCUT2D eigenvalue weighted by Crippen LogP contribution is -2.15. The maximum absolute atomic E-state index is 10.8. The third-order valence-corrected chi connectivity index (χ3v) is 1.86.